The van der Waals surface area contributed by atoms with Gasteiger partial charge in [-0.1, -0.05) is 18.2 Å². The number of hydrogen-bond donors (Lipinski definition) is 2. The summed E-state index contributed by atoms with van der Waals surface area (Å²) in [5, 5.41) is 10.0. The summed E-state index contributed by atoms with van der Waals surface area (Å²) in [6.07, 6.45) is -8.54. The Kier molecular flexibility index (Phi) is 5.54. The predicted molar refractivity (Wildman–Crippen MR) is 96.6 cm³/mol. The number of ether oxygens (including phenoxy) is 1. The third-order valence-electron chi connectivity index (χ3n) is 5.01. The molecule has 4 atom stereocenters. The van der Waals surface area contributed by atoms with Crippen molar-refractivity contribution in [2.24, 2.45) is 0 Å². The van der Waals surface area contributed by atoms with Crippen LogP contribution in [0.5, 0.6) is 5.75 Å². The van der Waals surface area contributed by atoms with Crippen LogP contribution in [0.4, 0.5) is 17.6 Å². The minimum atomic E-state index is -4.69. The van der Waals surface area contributed by atoms with Crippen molar-refractivity contribution >= 4 is 7.82 Å². The third kappa shape index (κ3) is 3.57. The Balaban J connectivity index is 1.63. The highest BCUT2D eigenvalue weighted by Crippen LogP contribution is 2.58. The average Bonchev–Trinajstić information content (AvgIpc) is 2.93. The summed E-state index contributed by atoms with van der Waals surface area (Å²) in [7, 11) is -4.61. The highest BCUT2D eigenvalue weighted by Gasteiger charge is 2.74. The monoisotopic (exact) mass is 482 g/mol. The van der Waals surface area contributed by atoms with Crippen molar-refractivity contribution < 1.29 is 45.5 Å². The Hall–Kier alpha value is -2.51. The first kappa shape index (κ1) is 22.7. The van der Waals surface area contributed by atoms with Gasteiger partial charge in [0.15, 0.2) is 12.3 Å². The topological polar surface area (TPSA) is 129 Å². The number of phosphoric ester groups is 1. The fraction of sp³-hybridized carbons (Fsp3) is 0.412. The van der Waals surface area contributed by atoms with Crippen LogP contribution in [0.2, 0.25) is 0 Å². The van der Waals surface area contributed by atoms with Crippen molar-refractivity contribution in [3.8, 4) is 5.75 Å². The number of halogens is 4. The highest BCUT2D eigenvalue weighted by atomic mass is 31.2. The molecular formula is C17H15F4N2O8P. The second-order valence-corrected chi connectivity index (χ2v) is 8.57. The van der Waals surface area contributed by atoms with Crippen molar-refractivity contribution in [3.05, 3.63) is 62.9 Å². The Labute approximate surface area is 175 Å². The third-order valence-corrected chi connectivity index (χ3v) is 6.32. The summed E-state index contributed by atoms with van der Waals surface area (Å²) in [6.45, 7) is -2.02. The zero-order valence-electron chi connectivity index (χ0n) is 15.8. The van der Waals surface area contributed by atoms with Gasteiger partial charge < -0.3 is 14.4 Å². The number of aromatic nitrogens is 2. The summed E-state index contributed by atoms with van der Waals surface area (Å²) in [6, 6.07) is 6.85. The smallest absolute Gasteiger partial charge is 0.404 e. The van der Waals surface area contributed by atoms with Crippen LogP contribution in [-0.2, 0) is 25.0 Å². The molecule has 1 fully saturated rings. The van der Waals surface area contributed by atoms with Gasteiger partial charge >= 0.3 is 19.4 Å². The SMILES string of the molecule is O=c1ccn(C2OC(COP3(=O)OCc4ccccc4O3)(C(F)F)C(F)(F)C2O)c(=O)[nH]1. The summed E-state index contributed by atoms with van der Waals surface area (Å²) in [5.74, 6) is -4.64. The van der Waals surface area contributed by atoms with Gasteiger partial charge in [0.2, 0.25) is 5.60 Å². The fourth-order valence-electron chi connectivity index (χ4n) is 3.26. The van der Waals surface area contributed by atoms with E-state index in [4.69, 9.17) is 18.3 Å². The molecule has 174 valence electrons. The maximum absolute atomic E-state index is 14.9. The number of rotatable bonds is 5. The van der Waals surface area contributed by atoms with Crippen molar-refractivity contribution in [2.75, 3.05) is 6.61 Å². The molecule has 1 aromatic carbocycles. The van der Waals surface area contributed by atoms with E-state index in [1.807, 2.05) is 0 Å². The van der Waals surface area contributed by atoms with Gasteiger partial charge in [-0.2, -0.15) is 8.78 Å². The van der Waals surface area contributed by atoms with E-state index in [2.05, 4.69) is 0 Å². The molecule has 1 aromatic heterocycles. The molecule has 1 saturated heterocycles. The van der Waals surface area contributed by atoms with Crippen molar-refractivity contribution in [2.45, 2.75) is 36.9 Å². The molecule has 32 heavy (non-hydrogen) atoms. The van der Waals surface area contributed by atoms with E-state index in [1.165, 1.54) is 12.1 Å². The van der Waals surface area contributed by atoms with Crippen LogP contribution in [0, 0.1) is 0 Å². The number of nitrogens with one attached hydrogen (secondary N) is 1. The number of alkyl halides is 4. The first-order chi connectivity index (χ1) is 15.0. The van der Waals surface area contributed by atoms with E-state index in [9.17, 15) is 36.8 Å². The van der Waals surface area contributed by atoms with Crippen LogP contribution < -0.4 is 15.8 Å². The van der Waals surface area contributed by atoms with E-state index >= 15 is 0 Å². The maximum Gasteiger partial charge on any atom is 0.530 e. The van der Waals surface area contributed by atoms with E-state index < -0.39 is 56.0 Å². The highest BCUT2D eigenvalue weighted by molar-refractivity contribution is 7.49. The zero-order chi connectivity index (χ0) is 23.3. The molecule has 0 amide bonds. The minimum Gasteiger partial charge on any atom is -0.404 e. The molecule has 2 N–H and O–H groups in total. The molecule has 0 spiro atoms. The summed E-state index contributed by atoms with van der Waals surface area (Å²) in [4.78, 5) is 24.8. The number of nitrogens with zero attached hydrogens (tertiary/aromatic N) is 1. The number of aromatic amines is 1. The van der Waals surface area contributed by atoms with E-state index in [-0.39, 0.29) is 12.4 Å². The number of benzene rings is 1. The van der Waals surface area contributed by atoms with Gasteiger partial charge in [0.05, 0.1) is 6.61 Å². The van der Waals surface area contributed by atoms with Gasteiger partial charge in [-0.25, -0.2) is 18.1 Å². The van der Waals surface area contributed by atoms with Gasteiger partial charge in [0.1, 0.15) is 12.4 Å². The van der Waals surface area contributed by atoms with Crippen LogP contribution in [0.1, 0.15) is 11.8 Å². The lowest BCUT2D eigenvalue weighted by atomic mass is 9.95. The number of H-pyrrole nitrogens is 1. The number of para-hydroxylation sites is 1. The Bertz CT molecular complexity index is 1190. The molecular weight excluding hydrogens is 467 g/mol. The molecule has 0 bridgehead atoms. The molecule has 0 radical (unpaired) electrons. The molecule has 10 nitrogen and oxygen atoms in total. The predicted octanol–water partition coefficient (Wildman–Crippen LogP) is 1.80. The van der Waals surface area contributed by atoms with E-state index in [0.29, 0.717) is 16.3 Å². The zero-order valence-corrected chi connectivity index (χ0v) is 16.7. The van der Waals surface area contributed by atoms with E-state index in [1.54, 1.807) is 17.1 Å². The lowest BCUT2D eigenvalue weighted by Gasteiger charge is -2.34. The summed E-state index contributed by atoms with van der Waals surface area (Å²) >= 11 is 0. The Morgan fingerprint density at radius 3 is 2.69 bits per heavy atom. The largest absolute Gasteiger partial charge is 0.530 e. The molecule has 2 aliphatic heterocycles. The normalized spacial score (nSPS) is 31.3. The van der Waals surface area contributed by atoms with Gasteiger partial charge in [-0.05, 0) is 6.07 Å². The Morgan fingerprint density at radius 1 is 1.28 bits per heavy atom. The van der Waals surface area contributed by atoms with Gasteiger partial charge in [-0.3, -0.25) is 23.4 Å². The van der Waals surface area contributed by atoms with Crippen molar-refractivity contribution in [1.29, 1.82) is 0 Å². The quantitative estimate of drug-likeness (QED) is 0.488. The minimum absolute atomic E-state index is 0.0463. The van der Waals surface area contributed by atoms with Crippen LogP contribution in [0.25, 0.3) is 0 Å². The number of phosphoric acid groups is 1. The number of aliphatic hydroxyl groups is 1. The second kappa shape index (κ2) is 7.81. The van der Waals surface area contributed by atoms with Crippen LogP contribution in [-0.4, -0.2) is 45.3 Å². The molecule has 15 heteroatoms. The van der Waals surface area contributed by atoms with Crippen LogP contribution in [0.15, 0.2) is 46.1 Å². The number of fused-ring (bicyclic) bond motifs is 1. The Morgan fingerprint density at radius 2 is 2.00 bits per heavy atom. The summed E-state index contributed by atoms with van der Waals surface area (Å²) < 4.78 is 90.1. The van der Waals surface area contributed by atoms with Crippen molar-refractivity contribution in [1.82, 2.24) is 9.55 Å². The van der Waals surface area contributed by atoms with Gasteiger partial charge in [0, 0.05) is 17.8 Å². The fourth-order valence-corrected chi connectivity index (χ4v) is 4.51. The lowest BCUT2D eigenvalue weighted by Crippen LogP contribution is -2.57. The maximum atomic E-state index is 14.9. The van der Waals surface area contributed by atoms with Gasteiger partial charge in [0.25, 0.3) is 12.0 Å². The number of aliphatic hydroxyl groups excluding tert-OH is 1. The lowest BCUT2D eigenvalue weighted by molar-refractivity contribution is -0.243. The average molecular weight is 482 g/mol. The molecule has 3 heterocycles. The standard InChI is InChI=1S/C17H15F4N2O8P/c18-14(19)16(8-29-32(27)28-7-9-3-1-2-4-10(9)31-32)17(20,21)12(25)13(30-16)23-6-5-11(24)22-15(23)26/h1-6,12-14,25H,7-8H2,(H,22,24,26). The summed E-state index contributed by atoms with van der Waals surface area (Å²) in [5.41, 5.74) is -5.54. The second-order valence-electron chi connectivity index (χ2n) is 6.98. The molecule has 2 aromatic rings. The first-order valence-electron chi connectivity index (χ1n) is 8.99. The molecule has 4 unspecified atom stereocenters. The molecule has 2 aliphatic rings. The van der Waals surface area contributed by atoms with Gasteiger partial charge in [-0.15, -0.1) is 0 Å². The van der Waals surface area contributed by atoms with Crippen molar-refractivity contribution in [3.63, 3.8) is 0 Å². The molecule has 0 saturated carbocycles. The van der Waals surface area contributed by atoms with E-state index in [0.717, 1.165) is 6.07 Å². The van der Waals surface area contributed by atoms with Crippen LogP contribution >= 0.6 is 7.82 Å². The number of hydrogen-bond acceptors (Lipinski definition) is 8. The molecule has 4 rings (SSSR count). The molecule has 0 aliphatic carbocycles. The van der Waals surface area contributed by atoms with Crippen LogP contribution in [0.3, 0.4) is 0 Å². The first-order valence-corrected chi connectivity index (χ1v) is 10.5.